The van der Waals surface area contributed by atoms with Crippen molar-refractivity contribution in [1.29, 1.82) is 0 Å². The maximum absolute atomic E-state index is 12.0. The van der Waals surface area contributed by atoms with Crippen LogP contribution in [0.2, 0.25) is 0 Å². The van der Waals surface area contributed by atoms with E-state index in [1.807, 2.05) is 30.3 Å². The van der Waals surface area contributed by atoms with E-state index >= 15 is 0 Å². The van der Waals surface area contributed by atoms with Crippen LogP contribution < -0.4 is 22.3 Å². The van der Waals surface area contributed by atoms with Crippen LogP contribution in [0, 0.1) is 0 Å². The predicted molar refractivity (Wildman–Crippen MR) is 85.4 cm³/mol. The molecule has 1 amide bonds. The van der Waals surface area contributed by atoms with Gasteiger partial charge in [0.05, 0.1) is 0 Å². The molecule has 7 heteroatoms. The van der Waals surface area contributed by atoms with Gasteiger partial charge in [0, 0.05) is 20.2 Å². The lowest BCUT2D eigenvalue weighted by atomic mass is 10.2. The molecule has 1 aromatic carbocycles. The average Bonchev–Trinajstić information content (AvgIpc) is 2.54. The molecule has 0 aliphatic heterocycles. The van der Waals surface area contributed by atoms with Crippen LogP contribution in [0.5, 0.6) is 0 Å². The van der Waals surface area contributed by atoms with Crippen molar-refractivity contribution in [3.05, 3.63) is 62.8 Å². The Morgan fingerprint density at radius 1 is 1.14 bits per heavy atom. The second-order valence-electron chi connectivity index (χ2n) is 4.70. The first-order chi connectivity index (χ1) is 10.4. The van der Waals surface area contributed by atoms with E-state index in [1.54, 1.807) is 6.08 Å². The number of nitrogens with one attached hydrogen (secondary N) is 1. The summed E-state index contributed by atoms with van der Waals surface area (Å²) in [7, 11) is 2.74. The maximum atomic E-state index is 12.0. The Bertz CT molecular complexity index is 848. The molecular formula is C15H16N4O3. The Labute approximate surface area is 126 Å². The quantitative estimate of drug-likeness (QED) is 0.797. The van der Waals surface area contributed by atoms with Crippen LogP contribution in [0.15, 0.2) is 46.0 Å². The summed E-state index contributed by atoms with van der Waals surface area (Å²) < 4.78 is 1.98. The third-order valence-electron chi connectivity index (χ3n) is 3.18. The number of nitrogens with zero attached hydrogens (tertiary/aromatic N) is 2. The van der Waals surface area contributed by atoms with Crippen LogP contribution in [0.4, 0.5) is 11.5 Å². The molecule has 0 atom stereocenters. The molecule has 2 rings (SSSR count). The standard InChI is InChI=1S/C15H16N4O3/c1-18-13(16)12(14(21)19(2)15(18)22)17-11(20)9-8-10-6-4-3-5-7-10/h3-9H,16H2,1-2H3,(H,17,20)/b9-8+. The molecule has 0 unspecified atom stereocenters. The van der Waals surface area contributed by atoms with E-state index in [2.05, 4.69) is 5.32 Å². The summed E-state index contributed by atoms with van der Waals surface area (Å²) in [6, 6.07) is 9.23. The monoisotopic (exact) mass is 300 g/mol. The molecule has 0 saturated heterocycles. The molecular weight excluding hydrogens is 284 g/mol. The second-order valence-corrected chi connectivity index (χ2v) is 4.70. The summed E-state index contributed by atoms with van der Waals surface area (Å²) in [4.78, 5) is 35.6. The number of hydrogen-bond donors (Lipinski definition) is 2. The van der Waals surface area contributed by atoms with Gasteiger partial charge in [-0.2, -0.15) is 0 Å². The second kappa shape index (κ2) is 6.13. The number of carbonyl (C=O) groups is 1. The highest BCUT2D eigenvalue weighted by molar-refractivity contribution is 6.03. The molecule has 22 heavy (non-hydrogen) atoms. The van der Waals surface area contributed by atoms with Gasteiger partial charge in [-0.1, -0.05) is 30.3 Å². The summed E-state index contributed by atoms with van der Waals surface area (Å²) >= 11 is 0. The molecule has 0 radical (unpaired) electrons. The van der Waals surface area contributed by atoms with Gasteiger partial charge in [0.25, 0.3) is 5.56 Å². The van der Waals surface area contributed by atoms with E-state index in [9.17, 15) is 14.4 Å². The lowest BCUT2D eigenvalue weighted by Crippen LogP contribution is -2.40. The molecule has 1 heterocycles. The molecule has 1 aromatic heterocycles. The van der Waals surface area contributed by atoms with Crippen LogP contribution in [0.3, 0.4) is 0 Å². The van der Waals surface area contributed by atoms with Gasteiger partial charge in [-0.15, -0.1) is 0 Å². The SMILES string of the molecule is Cn1c(N)c(NC(=O)/C=C/c2ccccc2)c(=O)n(C)c1=O. The summed E-state index contributed by atoms with van der Waals surface area (Å²) in [5.41, 5.74) is 5.24. The van der Waals surface area contributed by atoms with Gasteiger partial charge >= 0.3 is 5.69 Å². The Kier molecular flexibility index (Phi) is 4.26. The number of rotatable bonds is 3. The Balaban J connectivity index is 2.28. The minimum atomic E-state index is -0.651. The van der Waals surface area contributed by atoms with E-state index in [4.69, 9.17) is 5.73 Å². The third kappa shape index (κ3) is 2.98. The lowest BCUT2D eigenvalue weighted by molar-refractivity contribution is -0.111. The predicted octanol–water partition coefficient (Wildman–Crippen LogP) is 0.318. The van der Waals surface area contributed by atoms with Crippen molar-refractivity contribution < 1.29 is 4.79 Å². The Morgan fingerprint density at radius 3 is 2.41 bits per heavy atom. The fourth-order valence-corrected chi connectivity index (χ4v) is 1.88. The minimum absolute atomic E-state index is 0.0884. The molecule has 0 bridgehead atoms. The van der Waals surface area contributed by atoms with Crippen LogP contribution in [-0.4, -0.2) is 15.0 Å². The van der Waals surface area contributed by atoms with Gasteiger partial charge in [-0.3, -0.25) is 18.7 Å². The van der Waals surface area contributed by atoms with Gasteiger partial charge in [-0.05, 0) is 11.6 Å². The van der Waals surface area contributed by atoms with Gasteiger partial charge in [0.15, 0.2) is 0 Å². The minimum Gasteiger partial charge on any atom is -0.383 e. The number of nitrogens with two attached hydrogens (primary N) is 1. The van der Waals surface area contributed by atoms with Gasteiger partial charge in [-0.25, -0.2) is 4.79 Å². The summed E-state index contributed by atoms with van der Waals surface area (Å²) in [5.74, 6) is -0.596. The largest absolute Gasteiger partial charge is 0.383 e. The smallest absolute Gasteiger partial charge is 0.332 e. The molecule has 2 aromatic rings. The lowest BCUT2D eigenvalue weighted by Gasteiger charge is -2.11. The van der Waals surface area contributed by atoms with Gasteiger partial charge in [0.2, 0.25) is 5.91 Å². The summed E-state index contributed by atoms with van der Waals surface area (Å²) in [5, 5.41) is 2.41. The van der Waals surface area contributed by atoms with Gasteiger partial charge < -0.3 is 11.1 Å². The topological polar surface area (TPSA) is 99.1 Å². The fraction of sp³-hybridized carbons (Fsp3) is 0.133. The molecule has 0 saturated carbocycles. The molecule has 3 N–H and O–H groups in total. The molecule has 0 fully saturated rings. The Morgan fingerprint density at radius 2 is 1.77 bits per heavy atom. The number of anilines is 2. The van der Waals surface area contributed by atoms with Gasteiger partial charge in [0.1, 0.15) is 11.5 Å². The van der Waals surface area contributed by atoms with Crippen molar-refractivity contribution in [1.82, 2.24) is 9.13 Å². The highest BCUT2D eigenvalue weighted by Gasteiger charge is 2.14. The summed E-state index contributed by atoms with van der Waals surface area (Å²) in [6.45, 7) is 0. The number of carbonyl (C=O) groups excluding carboxylic acids is 1. The van der Waals surface area contributed by atoms with Crippen LogP contribution in [-0.2, 0) is 18.9 Å². The van der Waals surface area contributed by atoms with Crippen LogP contribution in [0.25, 0.3) is 6.08 Å². The zero-order valence-corrected chi connectivity index (χ0v) is 12.2. The van der Waals surface area contributed by atoms with Crippen molar-refractivity contribution in [2.45, 2.75) is 0 Å². The zero-order valence-electron chi connectivity index (χ0n) is 12.2. The third-order valence-corrected chi connectivity index (χ3v) is 3.18. The van der Waals surface area contributed by atoms with E-state index in [1.165, 1.54) is 20.2 Å². The highest BCUT2D eigenvalue weighted by atomic mass is 16.2. The number of nitrogen functional groups attached to an aromatic ring is 1. The number of benzene rings is 1. The van der Waals surface area contributed by atoms with Crippen molar-refractivity contribution in [3.63, 3.8) is 0 Å². The van der Waals surface area contributed by atoms with E-state index in [0.29, 0.717) is 0 Å². The normalized spacial score (nSPS) is 10.8. The molecule has 0 aliphatic carbocycles. The molecule has 114 valence electrons. The van der Waals surface area contributed by atoms with Crippen molar-refractivity contribution in [2.24, 2.45) is 14.1 Å². The Hall–Kier alpha value is -3.09. The van der Waals surface area contributed by atoms with Crippen LogP contribution >= 0.6 is 0 Å². The highest BCUT2D eigenvalue weighted by Crippen LogP contribution is 2.09. The van der Waals surface area contributed by atoms with E-state index in [-0.39, 0.29) is 11.5 Å². The zero-order chi connectivity index (χ0) is 16.3. The van der Waals surface area contributed by atoms with E-state index < -0.39 is 17.2 Å². The van der Waals surface area contributed by atoms with Crippen LogP contribution in [0.1, 0.15) is 5.56 Å². The van der Waals surface area contributed by atoms with E-state index in [0.717, 1.165) is 14.7 Å². The van der Waals surface area contributed by atoms with Crippen molar-refractivity contribution in [3.8, 4) is 0 Å². The number of aromatic nitrogens is 2. The summed E-state index contributed by atoms with van der Waals surface area (Å²) in [6.07, 6.45) is 2.90. The first kappa shape index (κ1) is 15.3. The molecule has 7 nitrogen and oxygen atoms in total. The fourth-order valence-electron chi connectivity index (χ4n) is 1.88. The van der Waals surface area contributed by atoms with Crippen molar-refractivity contribution >= 4 is 23.5 Å². The first-order valence-corrected chi connectivity index (χ1v) is 6.51. The first-order valence-electron chi connectivity index (χ1n) is 6.51. The maximum Gasteiger partial charge on any atom is 0.332 e. The average molecular weight is 300 g/mol. The number of hydrogen-bond acceptors (Lipinski definition) is 4. The molecule has 0 spiro atoms. The number of amides is 1. The van der Waals surface area contributed by atoms with Crippen molar-refractivity contribution in [2.75, 3.05) is 11.1 Å². The molecule has 0 aliphatic rings.